The van der Waals surface area contributed by atoms with Gasteiger partial charge < -0.3 is 4.90 Å². The fraction of sp³-hybridized carbons (Fsp3) is 0.348. The van der Waals surface area contributed by atoms with Crippen LogP contribution in [0.1, 0.15) is 29.2 Å². The quantitative estimate of drug-likeness (QED) is 0.679. The Kier molecular flexibility index (Phi) is 5.35. The molecule has 0 radical (unpaired) electrons. The molecule has 28 heavy (non-hydrogen) atoms. The van der Waals surface area contributed by atoms with E-state index in [0.29, 0.717) is 5.92 Å². The minimum absolute atomic E-state index is 0.433. The van der Waals surface area contributed by atoms with Gasteiger partial charge in [-0.25, -0.2) is 9.97 Å². The first-order valence-electron chi connectivity index (χ1n) is 9.83. The van der Waals surface area contributed by atoms with Crippen molar-refractivity contribution < 1.29 is 0 Å². The summed E-state index contributed by atoms with van der Waals surface area (Å²) in [5, 5.41) is 0. The molecule has 0 bridgehead atoms. The highest BCUT2D eigenvalue weighted by atomic mass is 15.2. The molecule has 1 fully saturated rings. The van der Waals surface area contributed by atoms with E-state index in [2.05, 4.69) is 53.2 Å². The van der Waals surface area contributed by atoms with Crippen LogP contribution in [0.4, 0.5) is 5.95 Å². The van der Waals surface area contributed by atoms with Crippen LogP contribution in [-0.2, 0) is 6.54 Å². The molecule has 1 saturated heterocycles. The average molecular weight is 374 g/mol. The first-order chi connectivity index (χ1) is 13.6. The lowest BCUT2D eigenvalue weighted by Gasteiger charge is -2.18. The molecular weight excluding hydrogens is 346 g/mol. The van der Waals surface area contributed by atoms with Crippen LogP contribution in [0.25, 0.3) is 11.3 Å². The van der Waals surface area contributed by atoms with E-state index in [1.807, 2.05) is 37.5 Å². The zero-order valence-electron chi connectivity index (χ0n) is 16.8. The van der Waals surface area contributed by atoms with Gasteiger partial charge in [-0.15, -0.1) is 0 Å². The van der Waals surface area contributed by atoms with Gasteiger partial charge in [-0.3, -0.25) is 9.88 Å². The summed E-state index contributed by atoms with van der Waals surface area (Å²) >= 11 is 0. The first kappa shape index (κ1) is 18.6. The summed E-state index contributed by atoms with van der Waals surface area (Å²) < 4.78 is 0. The van der Waals surface area contributed by atoms with Gasteiger partial charge in [-0.1, -0.05) is 35.9 Å². The van der Waals surface area contributed by atoms with Crippen LogP contribution in [0, 0.1) is 6.92 Å². The largest absolute Gasteiger partial charge is 0.347 e. The number of anilines is 1. The predicted octanol–water partition coefficient (Wildman–Crippen LogP) is 3.90. The van der Waals surface area contributed by atoms with Crippen molar-refractivity contribution in [1.82, 2.24) is 19.9 Å². The summed E-state index contributed by atoms with van der Waals surface area (Å²) in [6, 6.07) is 14.9. The summed E-state index contributed by atoms with van der Waals surface area (Å²) in [7, 11) is 4.00. The Hall–Kier alpha value is -2.79. The molecule has 1 atom stereocenters. The van der Waals surface area contributed by atoms with Gasteiger partial charge in [-0.2, -0.15) is 0 Å². The van der Waals surface area contributed by atoms with Crippen molar-refractivity contribution in [2.24, 2.45) is 0 Å². The van der Waals surface area contributed by atoms with Gasteiger partial charge in [0.1, 0.15) is 0 Å². The van der Waals surface area contributed by atoms with Crippen molar-refractivity contribution in [3.63, 3.8) is 0 Å². The molecule has 0 amide bonds. The van der Waals surface area contributed by atoms with E-state index in [0.717, 1.165) is 49.0 Å². The third-order valence-corrected chi connectivity index (χ3v) is 5.30. The van der Waals surface area contributed by atoms with Gasteiger partial charge in [0, 0.05) is 51.1 Å². The summed E-state index contributed by atoms with van der Waals surface area (Å²) in [5.41, 5.74) is 5.80. The number of aromatic nitrogens is 3. The van der Waals surface area contributed by atoms with E-state index in [-0.39, 0.29) is 0 Å². The van der Waals surface area contributed by atoms with E-state index in [9.17, 15) is 0 Å². The second-order valence-electron chi connectivity index (χ2n) is 7.82. The zero-order chi connectivity index (χ0) is 19.5. The Labute approximate surface area is 167 Å². The summed E-state index contributed by atoms with van der Waals surface area (Å²) in [6.07, 6.45) is 4.90. The molecule has 3 heterocycles. The highest BCUT2D eigenvalue weighted by Gasteiger charge is 2.26. The molecule has 0 N–H and O–H groups in total. The van der Waals surface area contributed by atoms with Crippen molar-refractivity contribution in [1.29, 1.82) is 0 Å². The van der Waals surface area contributed by atoms with Crippen LogP contribution in [0.15, 0.2) is 54.9 Å². The molecule has 0 saturated carbocycles. The molecule has 1 unspecified atom stereocenters. The van der Waals surface area contributed by atoms with Crippen LogP contribution < -0.4 is 4.90 Å². The Bertz CT molecular complexity index is 921. The second kappa shape index (κ2) is 8.07. The molecule has 0 aliphatic carbocycles. The number of hydrogen-bond acceptors (Lipinski definition) is 5. The van der Waals surface area contributed by atoms with E-state index in [1.165, 1.54) is 11.1 Å². The number of benzene rings is 1. The predicted molar refractivity (Wildman–Crippen MR) is 113 cm³/mol. The van der Waals surface area contributed by atoms with Crippen molar-refractivity contribution >= 4 is 5.95 Å². The fourth-order valence-electron chi connectivity index (χ4n) is 3.70. The zero-order valence-corrected chi connectivity index (χ0v) is 16.8. The van der Waals surface area contributed by atoms with Crippen LogP contribution in [0.5, 0.6) is 0 Å². The number of aryl methyl sites for hydroxylation is 1. The van der Waals surface area contributed by atoms with Gasteiger partial charge in [-0.05, 0) is 37.6 Å². The molecule has 1 aliphatic heterocycles. The molecule has 3 aromatic rings. The second-order valence-corrected chi connectivity index (χ2v) is 7.82. The maximum Gasteiger partial charge on any atom is 0.225 e. The van der Waals surface area contributed by atoms with Crippen LogP contribution >= 0.6 is 0 Å². The normalized spacial score (nSPS) is 17.0. The Morgan fingerprint density at radius 2 is 1.93 bits per heavy atom. The van der Waals surface area contributed by atoms with E-state index in [1.54, 1.807) is 0 Å². The summed E-state index contributed by atoms with van der Waals surface area (Å²) in [6.45, 7) is 5.16. The maximum atomic E-state index is 4.88. The van der Waals surface area contributed by atoms with Crippen molar-refractivity contribution in [3.8, 4) is 11.3 Å². The van der Waals surface area contributed by atoms with E-state index < -0.39 is 0 Å². The van der Waals surface area contributed by atoms with E-state index in [4.69, 9.17) is 9.97 Å². The molecule has 144 valence electrons. The topological polar surface area (TPSA) is 45.2 Å². The lowest BCUT2D eigenvalue weighted by atomic mass is 10.0. The standard InChI is InChI=1S/C23H27N5/c1-17-6-8-19(9-7-17)21-13-22(26-23(25-21)27(2)3)20-10-12-28(16-20)15-18-5-4-11-24-14-18/h4-9,11,13-14,20H,10,12,15-16H2,1-3H3. The lowest BCUT2D eigenvalue weighted by Crippen LogP contribution is -2.20. The van der Waals surface area contributed by atoms with Gasteiger partial charge >= 0.3 is 0 Å². The molecule has 1 aliphatic rings. The van der Waals surface area contributed by atoms with Gasteiger partial charge in [0.25, 0.3) is 0 Å². The smallest absolute Gasteiger partial charge is 0.225 e. The number of likely N-dealkylation sites (tertiary alicyclic amines) is 1. The Balaban J connectivity index is 1.57. The Morgan fingerprint density at radius 1 is 1.11 bits per heavy atom. The monoisotopic (exact) mass is 373 g/mol. The SMILES string of the molecule is Cc1ccc(-c2cc(C3CCN(Cc4cccnc4)C3)nc(N(C)C)n2)cc1. The number of nitrogens with zero attached hydrogens (tertiary/aromatic N) is 5. The summed E-state index contributed by atoms with van der Waals surface area (Å²) in [5.74, 6) is 1.21. The van der Waals surface area contributed by atoms with Crippen LogP contribution in [0.3, 0.4) is 0 Å². The van der Waals surface area contributed by atoms with Gasteiger partial charge in [0.05, 0.1) is 11.4 Å². The number of hydrogen-bond donors (Lipinski definition) is 0. The molecule has 2 aromatic heterocycles. The fourth-order valence-corrected chi connectivity index (χ4v) is 3.70. The third kappa shape index (κ3) is 4.20. The summed E-state index contributed by atoms with van der Waals surface area (Å²) in [4.78, 5) is 18.4. The Morgan fingerprint density at radius 3 is 2.64 bits per heavy atom. The van der Waals surface area contributed by atoms with Gasteiger partial charge in [0.15, 0.2) is 0 Å². The van der Waals surface area contributed by atoms with Crippen LogP contribution in [-0.4, -0.2) is 47.0 Å². The van der Waals surface area contributed by atoms with Crippen molar-refractivity contribution in [2.75, 3.05) is 32.1 Å². The third-order valence-electron chi connectivity index (χ3n) is 5.30. The highest BCUT2D eigenvalue weighted by Crippen LogP contribution is 2.30. The maximum absolute atomic E-state index is 4.88. The lowest BCUT2D eigenvalue weighted by molar-refractivity contribution is 0.326. The van der Waals surface area contributed by atoms with Crippen LogP contribution in [0.2, 0.25) is 0 Å². The molecule has 1 aromatic carbocycles. The first-order valence-corrected chi connectivity index (χ1v) is 9.83. The number of rotatable bonds is 5. The highest BCUT2D eigenvalue weighted by molar-refractivity contribution is 5.61. The number of pyridine rings is 1. The minimum atomic E-state index is 0.433. The molecular formula is C23H27N5. The van der Waals surface area contributed by atoms with Crippen molar-refractivity contribution in [3.05, 3.63) is 71.7 Å². The average Bonchev–Trinajstić information content (AvgIpc) is 3.17. The van der Waals surface area contributed by atoms with E-state index >= 15 is 0 Å². The van der Waals surface area contributed by atoms with Crippen molar-refractivity contribution in [2.45, 2.75) is 25.8 Å². The molecule has 0 spiro atoms. The molecule has 4 rings (SSSR count). The van der Waals surface area contributed by atoms with Gasteiger partial charge in [0.2, 0.25) is 5.95 Å². The molecule has 5 heteroatoms. The molecule has 5 nitrogen and oxygen atoms in total. The minimum Gasteiger partial charge on any atom is -0.347 e.